The van der Waals surface area contributed by atoms with Gasteiger partial charge in [-0.15, -0.1) is 0 Å². The van der Waals surface area contributed by atoms with Gasteiger partial charge in [0.25, 0.3) is 0 Å². The number of rotatable bonds is 7. The molecule has 0 aliphatic carbocycles. The molecular formula is C31H29F2NO4. The van der Waals surface area contributed by atoms with E-state index in [1.54, 1.807) is 30.3 Å². The predicted molar refractivity (Wildman–Crippen MR) is 141 cm³/mol. The molecule has 5 rings (SSSR count). The Balaban J connectivity index is 0.000000417. The van der Waals surface area contributed by atoms with Gasteiger partial charge in [-0.05, 0) is 59.7 Å². The summed E-state index contributed by atoms with van der Waals surface area (Å²) in [6.45, 7) is 0.650. The lowest BCUT2D eigenvalue weighted by Crippen LogP contribution is -2.42. The number of benzene rings is 4. The molecule has 1 fully saturated rings. The Morgan fingerprint density at radius 1 is 0.842 bits per heavy atom. The van der Waals surface area contributed by atoms with E-state index in [9.17, 15) is 18.7 Å². The molecule has 196 valence electrons. The number of aliphatic hydroxyl groups is 1. The van der Waals surface area contributed by atoms with Gasteiger partial charge in [0.05, 0.1) is 18.8 Å². The maximum atomic E-state index is 13.3. The van der Waals surface area contributed by atoms with Crippen LogP contribution in [0.25, 0.3) is 0 Å². The first-order chi connectivity index (χ1) is 18.5. The van der Waals surface area contributed by atoms with Gasteiger partial charge in [-0.1, -0.05) is 60.7 Å². The number of anilines is 1. The molecule has 0 bridgehead atoms. The van der Waals surface area contributed by atoms with Gasteiger partial charge in [0, 0.05) is 12.1 Å². The van der Waals surface area contributed by atoms with Crippen LogP contribution in [0, 0.1) is 17.6 Å². The highest BCUT2D eigenvalue weighted by Crippen LogP contribution is 2.34. The summed E-state index contributed by atoms with van der Waals surface area (Å²) in [6.07, 6.45) is -0.468. The lowest BCUT2D eigenvalue weighted by atomic mass is 9.85. The van der Waals surface area contributed by atoms with Crippen LogP contribution in [0.4, 0.5) is 14.5 Å². The highest BCUT2D eigenvalue weighted by Gasteiger charge is 2.39. The van der Waals surface area contributed by atoms with Crippen LogP contribution in [0.2, 0.25) is 0 Å². The largest absolute Gasteiger partial charge is 0.489 e. The second-order valence-electron chi connectivity index (χ2n) is 8.82. The fourth-order valence-electron chi connectivity index (χ4n) is 4.10. The molecule has 1 heterocycles. The molecule has 4 aromatic rings. The van der Waals surface area contributed by atoms with Crippen LogP contribution in [0.3, 0.4) is 0 Å². The van der Waals surface area contributed by atoms with E-state index in [-0.39, 0.29) is 18.2 Å². The zero-order valence-corrected chi connectivity index (χ0v) is 20.7. The summed E-state index contributed by atoms with van der Waals surface area (Å²) in [5.41, 5.74) is 2.50. The summed E-state index contributed by atoms with van der Waals surface area (Å²) in [6, 6.07) is 30.5. The smallest absolute Gasteiger partial charge is 0.314 e. The number of hydrogen-bond donors (Lipinski definition) is 2. The average molecular weight is 518 g/mol. The van der Waals surface area contributed by atoms with E-state index in [1.165, 1.54) is 24.3 Å². The van der Waals surface area contributed by atoms with Crippen molar-refractivity contribution in [1.82, 2.24) is 0 Å². The van der Waals surface area contributed by atoms with Crippen molar-refractivity contribution < 1.29 is 28.2 Å². The summed E-state index contributed by atoms with van der Waals surface area (Å²) in [5, 5.41) is 13.8. The third-order valence-electron chi connectivity index (χ3n) is 6.09. The molecule has 2 N–H and O–H groups in total. The Morgan fingerprint density at radius 2 is 1.45 bits per heavy atom. The molecule has 3 atom stereocenters. The van der Waals surface area contributed by atoms with Gasteiger partial charge >= 0.3 is 5.97 Å². The number of cyclic esters (lactones) is 1. The fourth-order valence-corrected chi connectivity index (χ4v) is 4.10. The van der Waals surface area contributed by atoms with Gasteiger partial charge in [-0.2, -0.15) is 0 Å². The molecule has 3 unspecified atom stereocenters. The average Bonchev–Trinajstić information content (AvgIpc) is 2.94. The third kappa shape index (κ3) is 7.63. The van der Waals surface area contributed by atoms with Crippen molar-refractivity contribution in [2.45, 2.75) is 25.2 Å². The molecule has 1 saturated heterocycles. The molecule has 0 amide bonds. The van der Waals surface area contributed by atoms with Crippen LogP contribution in [0.15, 0.2) is 109 Å². The highest BCUT2D eigenvalue weighted by molar-refractivity contribution is 5.76. The van der Waals surface area contributed by atoms with E-state index in [2.05, 4.69) is 5.32 Å². The Bertz CT molecular complexity index is 1270. The number of carbonyl (C=O) groups is 1. The van der Waals surface area contributed by atoms with Crippen LogP contribution in [0.1, 0.15) is 23.6 Å². The van der Waals surface area contributed by atoms with Crippen molar-refractivity contribution in [3.8, 4) is 5.75 Å². The van der Waals surface area contributed by atoms with Crippen molar-refractivity contribution in [2.75, 3.05) is 11.9 Å². The maximum absolute atomic E-state index is 13.3. The number of nitrogens with one attached hydrogen (secondary N) is 1. The lowest BCUT2D eigenvalue weighted by Gasteiger charge is -2.34. The maximum Gasteiger partial charge on any atom is 0.314 e. The Kier molecular flexibility index (Phi) is 9.43. The van der Waals surface area contributed by atoms with Crippen molar-refractivity contribution in [2.24, 2.45) is 5.92 Å². The van der Waals surface area contributed by atoms with Crippen LogP contribution in [-0.2, 0) is 16.1 Å². The van der Waals surface area contributed by atoms with E-state index in [1.807, 2.05) is 54.6 Å². The molecule has 38 heavy (non-hydrogen) atoms. The third-order valence-corrected chi connectivity index (χ3v) is 6.09. The second-order valence-corrected chi connectivity index (χ2v) is 8.82. The first-order valence-electron chi connectivity index (χ1n) is 12.3. The molecule has 4 aromatic carbocycles. The van der Waals surface area contributed by atoms with Gasteiger partial charge < -0.3 is 19.9 Å². The minimum atomic E-state index is -0.840. The molecule has 5 nitrogen and oxygen atoms in total. The van der Waals surface area contributed by atoms with Crippen molar-refractivity contribution >= 4 is 11.7 Å². The molecule has 1 aliphatic heterocycles. The predicted octanol–water partition coefficient (Wildman–Crippen LogP) is 6.31. The summed E-state index contributed by atoms with van der Waals surface area (Å²) in [5.74, 6) is -1.07. The molecule has 1 aliphatic rings. The monoisotopic (exact) mass is 517 g/mol. The minimum Gasteiger partial charge on any atom is -0.489 e. The SMILES string of the molecule is Fc1ccccc1.O=C1OCCC(O)C1C(Nc1ccc(F)cc1)c1ccc(OCc2ccccc2)cc1. The zero-order chi connectivity index (χ0) is 26.7. The minimum absolute atomic E-state index is 0.178. The summed E-state index contributed by atoms with van der Waals surface area (Å²) < 4.78 is 36.3. The molecule has 0 radical (unpaired) electrons. The quantitative estimate of drug-likeness (QED) is 0.281. The second kappa shape index (κ2) is 13.4. The molecule has 0 saturated carbocycles. The Morgan fingerprint density at radius 3 is 2.03 bits per heavy atom. The fraction of sp³-hybridized carbons (Fsp3) is 0.194. The van der Waals surface area contributed by atoms with Crippen molar-refractivity contribution in [1.29, 1.82) is 0 Å². The molecule has 0 spiro atoms. The number of carbonyl (C=O) groups excluding carboxylic acids is 1. The summed E-state index contributed by atoms with van der Waals surface area (Å²) >= 11 is 0. The van der Waals surface area contributed by atoms with E-state index in [0.717, 1.165) is 11.1 Å². The van der Waals surface area contributed by atoms with E-state index in [4.69, 9.17) is 9.47 Å². The number of halogens is 2. The Hall–Kier alpha value is -4.23. The molecular weight excluding hydrogens is 488 g/mol. The number of esters is 1. The first kappa shape index (κ1) is 26.8. The van der Waals surface area contributed by atoms with Crippen LogP contribution in [0.5, 0.6) is 5.75 Å². The van der Waals surface area contributed by atoms with Crippen LogP contribution >= 0.6 is 0 Å². The van der Waals surface area contributed by atoms with Crippen molar-refractivity contribution in [3.05, 3.63) is 132 Å². The molecule has 7 heteroatoms. The van der Waals surface area contributed by atoms with E-state index in [0.29, 0.717) is 24.5 Å². The standard InChI is InChI=1S/C25H24FNO4.C6H5F/c26-19-8-10-20(11-9-19)27-24(23-22(28)14-15-30-25(23)29)18-6-12-21(13-7-18)31-16-17-4-2-1-3-5-17;7-6-4-2-1-3-5-6/h1-13,22-24,27-28H,14-16H2;1-5H. The number of hydrogen-bond acceptors (Lipinski definition) is 5. The first-order valence-corrected chi connectivity index (χ1v) is 12.3. The lowest BCUT2D eigenvalue weighted by molar-refractivity contribution is -0.161. The Labute approximate surface area is 220 Å². The number of aliphatic hydroxyl groups excluding tert-OH is 1. The van der Waals surface area contributed by atoms with Gasteiger partial charge in [0.1, 0.15) is 29.9 Å². The van der Waals surface area contributed by atoms with E-state index < -0.39 is 24.0 Å². The zero-order valence-electron chi connectivity index (χ0n) is 20.7. The number of ether oxygens (including phenoxy) is 2. The van der Waals surface area contributed by atoms with Crippen LogP contribution < -0.4 is 10.1 Å². The van der Waals surface area contributed by atoms with Crippen molar-refractivity contribution in [3.63, 3.8) is 0 Å². The van der Waals surface area contributed by atoms with Gasteiger partial charge in [-0.25, -0.2) is 8.78 Å². The molecule has 0 aromatic heterocycles. The normalized spacial score (nSPS) is 17.4. The van der Waals surface area contributed by atoms with E-state index >= 15 is 0 Å². The summed E-state index contributed by atoms with van der Waals surface area (Å²) in [7, 11) is 0. The van der Waals surface area contributed by atoms with Gasteiger partial charge in [-0.3, -0.25) is 4.79 Å². The van der Waals surface area contributed by atoms with Crippen LogP contribution in [-0.4, -0.2) is 23.8 Å². The topological polar surface area (TPSA) is 67.8 Å². The van der Waals surface area contributed by atoms with Gasteiger partial charge in [0.2, 0.25) is 0 Å². The highest BCUT2D eigenvalue weighted by atomic mass is 19.1. The van der Waals surface area contributed by atoms with Gasteiger partial charge in [0.15, 0.2) is 0 Å². The summed E-state index contributed by atoms with van der Waals surface area (Å²) in [4.78, 5) is 12.5.